The van der Waals surface area contributed by atoms with Crippen LogP contribution in [-0.4, -0.2) is 37.1 Å². The number of pyridine rings is 1. The number of halogens is 1. The summed E-state index contributed by atoms with van der Waals surface area (Å²) >= 11 is 6.05. The molecule has 1 N–H and O–H groups in total. The number of nitrogens with zero attached hydrogens (tertiary/aromatic N) is 1. The molecule has 0 atom stereocenters. The Kier molecular flexibility index (Phi) is 6.38. The summed E-state index contributed by atoms with van der Waals surface area (Å²) < 4.78 is 17.1. The number of hydrogen-bond acceptors (Lipinski definition) is 5. The Balaban J connectivity index is 1.78. The summed E-state index contributed by atoms with van der Waals surface area (Å²) in [6.45, 7) is 3.72. The first-order valence-electron chi connectivity index (χ1n) is 8.95. The minimum Gasteiger partial charge on any atom is -0.462 e. The van der Waals surface area contributed by atoms with Gasteiger partial charge in [-0.05, 0) is 56.1 Å². The number of carbonyl (C=O) groups excluding carboxylic acids is 1. The smallest absolute Gasteiger partial charge is 0.340 e. The normalized spacial score (nSPS) is 11.4. The second-order valence-electron chi connectivity index (χ2n) is 6.98. The van der Waals surface area contributed by atoms with Crippen molar-refractivity contribution < 1.29 is 14.1 Å². The van der Waals surface area contributed by atoms with Crippen molar-refractivity contribution in [2.24, 2.45) is 0 Å². The molecule has 146 valence electrons. The summed E-state index contributed by atoms with van der Waals surface area (Å²) in [6, 6.07) is 14.5. The molecule has 3 aromatic rings. The summed E-state index contributed by atoms with van der Waals surface area (Å²) in [4.78, 5) is 16.9. The van der Waals surface area contributed by atoms with Crippen LogP contribution in [0.25, 0.3) is 10.9 Å². The Morgan fingerprint density at radius 3 is 2.71 bits per heavy atom. The van der Waals surface area contributed by atoms with E-state index >= 15 is 0 Å². The predicted molar refractivity (Wildman–Crippen MR) is 116 cm³/mol. The highest BCUT2D eigenvalue weighted by Crippen LogP contribution is 2.36. The maximum Gasteiger partial charge on any atom is 0.340 e. The highest BCUT2D eigenvalue weighted by Gasteiger charge is 2.14. The third kappa shape index (κ3) is 5.34. The second kappa shape index (κ2) is 8.76. The van der Waals surface area contributed by atoms with E-state index < -0.39 is 13.1 Å². The Bertz CT molecular complexity index is 1050. The van der Waals surface area contributed by atoms with E-state index in [1.54, 1.807) is 43.8 Å². The van der Waals surface area contributed by atoms with E-state index in [9.17, 15) is 9.36 Å². The molecule has 7 heteroatoms. The third-order valence-corrected chi connectivity index (χ3v) is 5.82. The predicted octanol–water partition coefficient (Wildman–Crippen LogP) is 5.80. The van der Waals surface area contributed by atoms with Gasteiger partial charge in [0, 0.05) is 28.5 Å². The lowest BCUT2D eigenvalue weighted by Crippen LogP contribution is -2.10. The van der Waals surface area contributed by atoms with Gasteiger partial charge in [0.1, 0.15) is 0 Å². The van der Waals surface area contributed by atoms with Gasteiger partial charge in [-0.2, -0.15) is 0 Å². The standard InChI is InChI=1S/C21H22ClN2O3P/c1-28(2,26)13-5-12-27-21(25)17-6-3-4-7-18(17)24-19-10-11-23-20-14-15(22)8-9-16(19)20/h3-4,6-11,14H,5,12-13H2,1-2H3,(H,23,24). The zero-order valence-corrected chi connectivity index (χ0v) is 17.5. The summed E-state index contributed by atoms with van der Waals surface area (Å²) in [7, 11) is -2.10. The lowest BCUT2D eigenvalue weighted by molar-refractivity contribution is 0.0507. The number of ether oxygens (including phenoxy) is 1. The fourth-order valence-corrected chi connectivity index (χ4v) is 3.89. The zero-order chi connectivity index (χ0) is 20.1. The van der Waals surface area contributed by atoms with E-state index in [1.165, 1.54) is 0 Å². The van der Waals surface area contributed by atoms with Crippen molar-refractivity contribution in [2.75, 3.05) is 31.4 Å². The molecule has 1 aromatic heterocycles. The van der Waals surface area contributed by atoms with Gasteiger partial charge in [0.15, 0.2) is 0 Å². The van der Waals surface area contributed by atoms with Crippen molar-refractivity contribution >= 4 is 47.0 Å². The molecule has 0 aliphatic rings. The quantitative estimate of drug-likeness (QED) is 0.299. The largest absolute Gasteiger partial charge is 0.462 e. The van der Waals surface area contributed by atoms with Gasteiger partial charge < -0.3 is 14.6 Å². The number of carbonyl (C=O) groups is 1. The van der Waals surface area contributed by atoms with Gasteiger partial charge in [-0.15, -0.1) is 0 Å². The highest BCUT2D eigenvalue weighted by atomic mass is 35.5. The molecule has 0 radical (unpaired) electrons. The summed E-state index contributed by atoms with van der Waals surface area (Å²) in [5.41, 5.74) is 2.67. The highest BCUT2D eigenvalue weighted by molar-refractivity contribution is 7.62. The maximum absolute atomic E-state index is 12.5. The van der Waals surface area contributed by atoms with E-state index in [-0.39, 0.29) is 6.61 Å². The van der Waals surface area contributed by atoms with Crippen LogP contribution in [0.2, 0.25) is 5.02 Å². The number of nitrogens with one attached hydrogen (secondary N) is 1. The summed E-state index contributed by atoms with van der Waals surface area (Å²) in [5, 5.41) is 4.82. The SMILES string of the molecule is CP(C)(=O)CCCOC(=O)c1ccccc1Nc1ccnc2cc(Cl)ccc12. The first kappa shape index (κ1) is 20.4. The van der Waals surface area contributed by atoms with E-state index in [2.05, 4.69) is 10.3 Å². The molecule has 3 rings (SSSR count). The van der Waals surface area contributed by atoms with Crippen LogP contribution >= 0.6 is 18.7 Å². The summed E-state index contributed by atoms with van der Waals surface area (Å²) in [6.07, 6.45) is 2.84. The van der Waals surface area contributed by atoms with Gasteiger partial charge in [0.25, 0.3) is 0 Å². The molecule has 0 amide bonds. The van der Waals surface area contributed by atoms with Crippen molar-refractivity contribution in [1.82, 2.24) is 4.98 Å². The van der Waals surface area contributed by atoms with Crippen LogP contribution in [0.4, 0.5) is 11.4 Å². The number of para-hydroxylation sites is 1. The molecule has 0 fully saturated rings. The average molecular weight is 417 g/mol. The second-order valence-corrected chi connectivity index (χ2v) is 11.0. The molecule has 1 heterocycles. The van der Waals surface area contributed by atoms with Crippen molar-refractivity contribution in [3.05, 3.63) is 65.3 Å². The molecular formula is C21H22ClN2O3P. The molecule has 0 bridgehead atoms. The lowest BCUT2D eigenvalue weighted by Gasteiger charge is -2.14. The number of hydrogen-bond donors (Lipinski definition) is 1. The number of fused-ring (bicyclic) bond motifs is 1. The van der Waals surface area contributed by atoms with Gasteiger partial charge >= 0.3 is 5.97 Å². The molecule has 0 spiro atoms. The molecule has 0 unspecified atom stereocenters. The van der Waals surface area contributed by atoms with Gasteiger partial charge in [-0.3, -0.25) is 4.98 Å². The van der Waals surface area contributed by atoms with E-state index in [4.69, 9.17) is 16.3 Å². The fraction of sp³-hybridized carbons (Fsp3) is 0.238. The Hall–Kier alpha value is -2.36. The molecule has 0 saturated heterocycles. The van der Waals surface area contributed by atoms with E-state index in [0.717, 1.165) is 16.6 Å². The molecule has 28 heavy (non-hydrogen) atoms. The van der Waals surface area contributed by atoms with Crippen LogP contribution in [0, 0.1) is 0 Å². The zero-order valence-electron chi connectivity index (χ0n) is 15.8. The van der Waals surface area contributed by atoms with E-state index in [0.29, 0.717) is 28.9 Å². The summed E-state index contributed by atoms with van der Waals surface area (Å²) in [5.74, 6) is -0.411. The van der Waals surface area contributed by atoms with Crippen molar-refractivity contribution in [3.8, 4) is 0 Å². The number of benzene rings is 2. The third-order valence-electron chi connectivity index (χ3n) is 4.20. The number of aromatic nitrogens is 1. The molecule has 0 aliphatic carbocycles. The lowest BCUT2D eigenvalue weighted by atomic mass is 10.1. The molecule has 0 aliphatic heterocycles. The van der Waals surface area contributed by atoms with E-state index in [1.807, 2.05) is 24.3 Å². The van der Waals surface area contributed by atoms with Gasteiger partial charge in [-0.1, -0.05) is 23.7 Å². The Morgan fingerprint density at radius 2 is 1.93 bits per heavy atom. The number of anilines is 2. The first-order chi connectivity index (χ1) is 13.3. The Morgan fingerprint density at radius 1 is 1.14 bits per heavy atom. The molecule has 2 aromatic carbocycles. The monoisotopic (exact) mass is 416 g/mol. The van der Waals surface area contributed by atoms with Crippen LogP contribution in [0.1, 0.15) is 16.8 Å². The van der Waals surface area contributed by atoms with Crippen molar-refractivity contribution in [1.29, 1.82) is 0 Å². The van der Waals surface area contributed by atoms with Gasteiger partial charge in [0.05, 0.1) is 30.5 Å². The minimum atomic E-state index is -2.10. The fourth-order valence-electron chi connectivity index (χ4n) is 2.83. The average Bonchev–Trinajstić information content (AvgIpc) is 2.65. The van der Waals surface area contributed by atoms with Crippen LogP contribution < -0.4 is 5.32 Å². The Labute approximate surface area is 169 Å². The van der Waals surface area contributed by atoms with Gasteiger partial charge in [-0.25, -0.2) is 4.79 Å². The van der Waals surface area contributed by atoms with Crippen molar-refractivity contribution in [3.63, 3.8) is 0 Å². The topological polar surface area (TPSA) is 68.3 Å². The number of esters is 1. The van der Waals surface area contributed by atoms with Crippen LogP contribution in [0.5, 0.6) is 0 Å². The maximum atomic E-state index is 12.5. The molecule has 0 saturated carbocycles. The van der Waals surface area contributed by atoms with Crippen LogP contribution in [0.15, 0.2) is 54.7 Å². The number of rotatable bonds is 7. The first-order valence-corrected chi connectivity index (χ1v) is 12.1. The molecule has 5 nitrogen and oxygen atoms in total. The van der Waals surface area contributed by atoms with Crippen molar-refractivity contribution in [2.45, 2.75) is 6.42 Å². The molecular weight excluding hydrogens is 395 g/mol. The van der Waals surface area contributed by atoms with Gasteiger partial charge in [0.2, 0.25) is 0 Å². The van der Waals surface area contributed by atoms with Crippen LogP contribution in [-0.2, 0) is 9.30 Å². The minimum absolute atomic E-state index is 0.246. The van der Waals surface area contributed by atoms with Crippen LogP contribution in [0.3, 0.4) is 0 Å².